The zero-order chi connectivity index (χ0) is 23.7. The summed E-state index contributed by atoms with van der Waals surface area (Å²) in [6, 6.07) is 12.3. The van der Waals surface area contributed by atoms with Crippen molar-refractivity contribution in [2.45, 2.75) is 47.2 Å². The van der Waals surface area contributed by atoms with E-state index >= 15 is 0 Å². The van der Waals surface area contributed by atoms with Crippen LogP contribution in [0.15, 0.2) is 48.7 Å². The molecule has 0 bridgehead atoms. The van der Waals surface area contributed by atoms with E-state index in [9.17, 15) is 13.2 Å². The SMILES string of the molecule is Cc1cccc(C)c1-c1cnc2c3ccc(C(F)(F)F)cc3c3cc(CC(C)(C)C)sc3n12. The van der Waals surface area contributed by atoms with E-state index < -0.39 is 11.7 Å². The first-order chi connectivity index (χ1) is 15.4. The number of thiophene rings is 1. The number of imidazole rings is 1. The summed E-state index contributed by atoms with van der Waals surface area (Å²) >= 11 is 1.65. The summed E-state index contributed by atoms with van der Waals surface area (Å²) in [7, 11) is 0. The van der Waals surface area contributed by atoms with Crippen LogP contribution in [0.25, 0.3) is 37.9 Å². The average molecular weight is 467 g/mol. The van der Waals surface area contributed by atoms with Crippen LogP contribution < -0.4 is 0 Å². The molecule has 33 heavy (non-hydrogen) atoms. The fourth-order valence-corrected chi connectivity index (χ4v) is 6.17. The highest BCUT2D eigenvalue weighted by Crippen LogP contribution is 2.41. The number of pyridine rings is 1. The van der Waals surface area contributed by atoms with Gasteiger partial charge in [0.15, 0.2) is 0 Å². The first-order valence-corrected chi connectivity index (χ1v) is 11.7. The van der Waals surface area contributed by atoms with Gasteiger partial charge in [0.25, 0.3) is 0 Å². The number of hydrogen-bond donors (Lipinski definition) is 0. The maximum atomic E-state index is 13.6. The van der Waals surface area contributed by atoms with Gasteiger partial charge >= 0.3 is 6.18 Å². The highest BCUT2D eigenvalue weighted by molar-refractivity contribution is 7.18. The molecule has 2 aromatic carbocycles. The van der Waals surface area contributed by atoms with E-state index in [-0.39, 0.29) is 5.41 Å². The van der Waals surface area contributed by atoms with Crippen LogP contribution >= 0.6 is 11.3 Å². The number of hydrogen-bond acceptors (Lipinski definition) is 2. The second-order valence-corrected chi connectivity index (χ2v) is 11.1. The molecule has 0 aliphatic rings. The van der Waals surface area contributed by atoms with Gasteiger partial charge in [0.2, 0.25) is 0 Å². The first-order valence-electron chi connectivity index (χ1n) is 10.9. The number of fused-ring (bicyclic) bond motifs is 6. The summed E-state index contributed by atoms with van der Waals surface area (Å²) in [5.41, 5.74) is 4.49. The Labute approximate surface area is 194 Å². The van der Waals surface area contributed by atoms with Crippen molar-refractivity contribution in [2.75, 3.05) is 0 Å². The minimum Gasteiger partial charge on any atom is -0.283 e. The molecule has 6 heteroatoms. The van der Waals surface area contributed by atoms with E-state index in [1.54, 1.807) is 17.4 Å². The van der Waals surface area contributed by atoms with Crippen LogP contribution in [0.3, 0.4) is 0 Å². The number of nitrogens with zero attached hydrogens (tertiary/aromatic N) is 2. The Morgan fingerprint density at radius 2 is 1.61 bits per heavy atom. The van der Waals surface area contributed by atoms with Crippen molar-refractivity contribution in [3.8, 4) is 11.3 Å². The van der Waals surface area contributed by atoms with Gasteiger partial charge in [-0.15, -0.1) is 11.3 Å². The Kier molecular flexibility index (Phi) is 4.87. The molecule has 3 aromatic heterocycles. The van der Waals surface area contributed by atoms with E-state index in [2.05, 4.69) is 57.2 Å². The molecule has 2 nitrogen and oxygen atoms in total. The molecule has 3 heterocycles. The van der Waals surface area contributed by atoms with E-state index in [0.717, 1.165) is 55.4 Å². The highest BCUT2D eigenvalue weighted by Gasteiger charge is 2.31. The zero-order valence-electron chi connectivity index (χ0n) is 19.3. The van der Waals surface area contributed by atoms with Crippen LogP contribution in [0.1, 0.15) is 42.3 Å². The summed E-state index contributed by atoms with van der Waals surface area (Å²) in [6.07, 6.45) is -1.69. The van der Waals surface area contributed by atoms with Crippen molar-refractivity contribution < 1.29 is 13.2 Å². The molecule has 0 aliphatic carbocycles. The summed E-state index contributed by atoms with van der Waals surface area (Å²) in [4.78, 5) is 6.81. The van der Waals surface area contributed by atoms with E-state index in [1.807, 2.05) is 12.3 Å². The number of halogens is 3. The molecule has 170 valence electrons. The normalized spacial score (nSPS) is 13.0. The van der Waals surface area contributed by atoms with Crippen LogP contribution in [-0.2, 0) is 12.6 Å². The predicted octanol–water partition coefficient (Wildman–Crippen LogP) is 8.59. The number of alkyl halides is 3. The third-order valence-electron chi connectivity index (χ3n) is 6.05. The molecular formula is C27H25F3N2S. The van der Waals surface area contributed by atoms with Gasteiger partial charge in [-0.2, -0.15) is 13.2 Å². The lowest BCUT2D eigenvalue weighted by Gasteiger charge is -2.16. The Hall–Kier alpha value is -2.86. The van der Waals surface area contributed by atoms with E-state index in [0.29, 0.717) is 11.0 Å². The summed E-state index contributed by atoms with van der Waals surface area (Å²) < 4.78 is 42.8. The first kappa shape index (κ1) is 22.0. The molecule has 0 aliphatic heterocycles. The predicted molar refractivity (Wildman–Crippen MR) is 131 cm³/mol. The maximum Gasteiger partial charge on any atom is 0.416 e. The Morgan fingerprint density at radius 3 is 2.24 bits per heavy atom. The molecule has 0 amide bonds. The van der Waals surface area contributed by atoms with Crippen LogP contribution in [0, 0.1) is 19.3 Å². The van der Waals surface area contributed by atoms with Gasteiger partial charge in [-0.05, 0) is 60.4 Å². The van der Waals surface area contributed by atoms with Crippen molar-refractivity contribution in [2.24, 2.45) is 5.41 Å². The molecule has 5 rings (SSSR count). The summed E-state index contributed by atoms with van der Waals surface area (Å²) in [5, 5.41) is 2.17. The Morgan fingerprint density at radius 1 is 0.909 bits per heavy atom. The largest absolute Gasteiger partial charge is 0.416 e. The van der Waals surface area contributed by atoms with Crippen LogP contribution in [-0.4, -0.2) is 9.38 Å². The number of rotatable bonds is 2. The van der Waals surface area contributed by atoms with E-state index in [4.69, 9.17) is 4.98 Å². The molecule has 5 aromatic rings. The fraction of sp³-hybridized carbons (Fsp3) is 0.296. The smallest absolute Gasteiger partial charge is 0.283 e. The molecule has 0 saturated carbocycles. The second-order valence-electron chi connectivity index (χ2n) is 10.00. The Bertz CT molecular complexity index is 1510. The van der Waals surface area contributed by atoms with Crippen molar-refractivity contribution >= 4 is 38.0 Å². The van der Waals surface area contributed by atoms with Crippen molar-refractivity contribution in [1.29, 1.82) is 0 Å². The second kappa shape index (κ2) is 7.32. The number of aryl methyl sites for hydroxylation is 2. The maximum absolute atomic E-state index is 13.6. The number of aromatic nitrogens is 2. The van der Waals surface area contributed by atoms with Crippen molar-refractivity contribution in [3.05, 3.63) is 70.2 Å². The van der Waals surface area contributed by atoms with Crippen LogP contribution in [0.5, 0.6) is 0 Å². The van der Waals surface area contributed by atoms with Gasteiger partial charge in [-0.1, -0.05) is 45.0 Å². The topological polar surface area (TPSA) is 17.3 Å². The third kappa shape index (κ3) is 3.70. The quantitative estimate of drug-likeness (QED) is 0.255. The standard InChI is InChI=1S/C27H25F3N2S/c1-15-7-6-8-16(2)23(15)22-14-31-24-19-10-9-17(27(28,29)30)11-20(19)21-12-18(13-26(3,4)5)33-25(21)32(22)24/h6-12,14H,13H2,1-5H3. The van der Waals surface area contributed by atoms with Crippen LogP contribution in [0.2, 0.25) is 0 Å². The lowest BCUT2D eigenvalue weighted by atomic mass is 9.91. The molecule has 0 fully saturated rings. The molecule has 0 N–H and O–H groups in total. The van der Waals surface area contributed by atoms with Gasteiger partial charge in [0.05, 0.1) is 17.5 Å². The average Bonchev–Trinajstić information content (AvgIpc) is 3.30. The van der Waals surface area contributed by atoms with Crippen molar-refractivity contribution in [1.82, 2.24) is 9.38 Å². The van der Waals surface area contributed by atoms with E-state index in [1.165, 1.54) is 6.07 Å². The lowest BCUT2D eigenvalue weighted by Crippen LogP contribution is -2.07. The molecule has 0 radical (unpaired) electrons. The monoisotopic (exact) mass is 466 g/mol. The van der Waals surface area contributed by atoms with Gasteiger partial charge in [0.1, 0.15) is 10.5 Å². The molecule has 0 atom stereocenters. The summed E-state index contributed by atoms with van der Waals surface area (Å²) in [5.74, 6) is 0. The van der Waals surface area contributed by atoms with Gasteiger partial charge in [-0.25, -0.2) is 4.98 Å². The van der Waals surface area contributed by atoms with Crippen LogP contribution in [0.4, 0.5) is 13.2 Å². The lowest BCUT2D eigenvalue weighted by molar-refractivity contribution is -0.137. The van der Waals surface area contributed by atoms with Gasteiger partial charge in [0, 0.05) is 21.2 Å². The molecular weight excluding hydrogens is 441 g/mol. The minimum atomic E-state index is -4.39. The highest BCUT2D eigenvalue weighted by atomic mass is 32.1. The molecule has 0 spiro atoms. The number of benzene rings is 2. The Balaban J connectivity index is 1.93. The zero-order valence-corrected chi connectivity index (χ0v) is 20.1. The van der Waals surface area contributed by atoms with Crippen molar-refractivity contribution in [3.63, 3.8) is 0 Å². The molecule has 0 saturated heterocycles. The molecule has 0 unspecified atom stereocenters. The third-order valence-corrected chi connectivity index (χ3v) is 7.17. The summed E-state index contributed by atoms with van der Waals surface area (Å²) in [6.45, 7) is 10.7. The fourth-order valence-electron chi connectivity index (χ4n) is 4.68. The minimum absolute atomic E-state index is 0.0668. The van der Waals surface area contributed by atoms with Gasteiger partial charge < -0.3 is 0 Å². The van der Waals surface area contributed by atoms with Gasteiger partial charge in [-0.3, -0.25) is 4.40 Å².